The third-order valence-electron chi connectivity index (χ3n) is 2.80. The Balaban J connectivity index is 1.90. The smallest absolute Gasteiger partial charge is 0.408 e. The van der Waals surface area contributed by atoms with Crippen molar-refractivity contribution in [3.63, 3.8) is 0 Å². The number of hydrogen-bond donors (Lipinski definition) is 2. The zero-order valence-electron chi connectivity index (χ0n) is 10.4. The van der Waals surface area contributed by atoms with Crippen molar-refractivity contribution in [3.8, 4) is 0 Å². The number of nitrogens with one attached hydrogen (secondary N) is 2. The zero-order valence-corrected chi connectivity index (χ0v) is 12.8. The molecule has 106 valence electrons. The molecule has 21 heavy (non-hydrogen) atoms. The molecule has 2 N–H and O–H groups in total. The fourth-order valence-electron chi connectivity index (χ4n) is 1.91. The summed E-state index contributed by atoms with van der Waals surface area (Å²) in [5, 5.41) is 3.18. The first-order chi connectivity index (χ1) is 10.0. The van der Waals surface area contributed by atoms with Gasteiger partial charge in [0.05, 0.1) is 5.52 Å². The number of rotatable bonds is 2. The van der Waals surface area contributed by atoms with E-state index in [0.29, 0.717) is 31.8 Å². The van der Waals surface area contributed by atoms with Crippen LogP contribution in [0.3, 0.4) is 0 Å². The highest BCUT2D eigenvalue weighted by atomic mass is 79.9. The van der Waals surface area contributed by atoms with Crippen LogP contribution >= 0.6 is 27.5 Å². The number of carbonyl (C=O) groups is 1. The quantitative estimate of drug-likeness (QED) is 0.723. The summed E-state index contributed by atoms with van der Waals surface area (Å²) in [5.41, 5.74) is 1.89. The minimum atomic E-state index is -0.535. The molecule has 0 aliphatic carbocycles. The molecule has 7 heteroatoms. The maximum absolute atomic E-state index is 12.2. The maximum atomic E-state index is 12.2. The van der Waals surface area contributed by atoms with Gasteiger partial charge in [0.15, 0.2) is 5.58 Å². The summed E-state index contributed by atoms with van der Waals surface area (Å²) in [6.45, 7) is 0. The molecule has 0 fully saturated rings. The molecule has 1 aromatic heterocycles. The van der Waals surface area contributed by atoms with Crippen LogP contribution in [-0.2, 0) is 0 Å². The lowest BCUT2D eigenvalue weighted by atomic mass is 10.2. The van der Waals surface area contributed by atoms with Crippen LogP contribution in [0.1, 0.15) is 10.4 Å². The fourth-order valence-corrected chi connectivity index (χ4v) is 2.77. The molecule has 3 rings (SSSR count). The summed E-state index contributed by atoms with van der Waals surface area (Å²) in [6.07, 6.45) is 0. The molecule has 0 atom stereocenters. The van der Waals surface area contributed by atoms with Gasteiger partial charge in [0.25, 0.3) is 5.91 Å². The molecule has 0 saturated carbocycles. The third-order valence-corrected chi connectivity index (χ3v) is 3.48. The highest BCUT2D eigenvalue weighted by Crippen LogP contribution is 2.21. The number of amides is 1. The van der Waals surface area contributed by atoms with Crippen LogP contribution in [0, 0.1) is 0 Å². The van der Waals surface area contributed by atoms with E-state index in [2.05, 4.69) is 26.2 Å². The van der Waals surface area contributed by atoms with Gasteiger partial charge in [0, 0.05) is 26.8 Å². The molecular formula is C14H8BrClN2O3. The van der Waals surface area contributed by atoms with E-state index in [1.165, 1.54) is 0 Å². The van der Waals surface area contributed by atoms with Gasteiger partial charge in [-0.25, -0.2) is 4.79 Å². The second-order valence-corrected chi connectivity index (χ2v) is 5.69. The number of halogens is 2. The van der Waals surface area contributed by atoms with E-state index in [1.54, 1.807) is 36.4 Å². The summed E-state index contributed by atoms with van der Waals surface area (Å²) in [5.74, 6) is -0.845. The SMILES string of the molecule is O=C(Nc1ccc2[nH]c(=O)oc2c1)c1cc(Cl)cc(Br)c1. The highest BCUT2D eigenvalue weighted by molar-refractivity contribution is 9.10. The summed E-state index contributed by atoms with van der Waals surface area (Å²) in [7, 11) is 0. The predicted molar refractivity (Wildman–Crippen MR) is 83.9 cm³/mol. The fraction of sp³-hybridized carbons (Fsp3) is 0. The van der Waals surface area contributed by atoms with Crippen molar-refractivity contribution in [2.75, 3.05) is 5.32 Å². The van der Waals surface area contributed by atoms with Crippen molar-refractivity contribution >= 4 is 50.2 Å². The number of oxazole rings is 1. The van der Waals surface area contributed by atoms with Gasteiger partial charge in [-0.3, -0.25) is 9.78 Å². The third kappa shape index (κ3) is 3.01. The van der Waals surface area contributed by atoms with Crippen LogP contribution in [0.15, 0.2) is 50.1 Å². The number of fused-ring (bicyclic) bond motifs is 1. The molecule has 1 heterocycles. The van der Waals surface area contributed by atoms with E-state index in [0.717, 1.165) is 0 Å². The zero-order chi connectivity index (χ0) is 15.0. The van der Waals surface area contributed by atoms with E-state index < -0.39 is 5.76 Å². The number of carbonyl (C=O) groups excluding carboxylic acids is 1. The van der Waals surface area contributed by atoms with Crippen LogP contribution < -0.4 is 11.1 Å². The number of anilines is 1. The topological polar surface area (TPSA) is 75.1 Å². The summed E-state index contributed by atoms with van der Waals surface area (Å²) < 4.78 is 5.66. The number of H-pyrrole nitrogens is 1. The standard InChI is InChI=1S/C14H8BrClN2O3/c15-8-3-7(4-9(16)5-8)13(19)17-10-1-2-11-12(6-10)21-14(20)18-11/h1-6H,(H,17,19)(H,18,20). The van der Waals surface area contributed by atoms with Gasteiger partial charge >= 0.3 is 5.76 Å². The Morgan fingerprint density at radius 3 is 2.81 bits per heavy atom. The van der Waals surface area contributed by atoms with E-state index in [-0.39, 0.29) is 5.91 Å². The van der Waals surface area contributed by atoms with Gasteiger partial charge < -0.3 is 9.73 Å². The molecule has 0 saturated heterocycles. The van der Waals surface area contributed by atoms with E-state index in [4.69, 9.17) is 16.0 Å². The van der Waals surface area contributed by atoms with E-state index in [1.807, 2.05) is 0 Å². The predicted octanol–water partition coefficient (Wildman–Crippen LogP) is 3.79. The lowest BCUT2D eigenvalue weighted by molar-refractivity contribution is 0.102. The van der Waals surface area contributed by atoms with Crippen molar-refractivity contribution < 1.29 is 9.21 Å². The Hall–Kier alpha value is -2.05. The lowest BCUT2D eigenvalue weighted by Gasteiger charge is -2.06. The molecule has 5 nitrogen and oxygen atoms in total. The van der Waals surface area contributed by atoms with Crippen LogP contribution in [0.2, 0.25) is 5.02 Å². The first kappa shape index (κ1) is 13.9. The second-order valence-electron chi connectivity index (χ2n) is 4.34. The van der Waals surface area contributed by atoms with Crippen LogP contribution in [-0.4, -0.2) is 10.9 Å². The van der Waals surface area contributed by atoms with Crippen molar-refractivity contribution in [2.45, 2.75) is 0 Å². The lowest BCUT2D eigenvalue weighted by Crippen LogP contribution is -2.11. The normalized spacial score (nSPS) is 10.8. The second kappa shape index (κ2) is 5.38. The van der Waals surface area contributed by atoms with Crippen molar-refractivity contribution in [1.29, 1.82) is 0 Å². The van der Waals surface area contributed by atoms with Crippen molar-refractivity contribution in [2.24, 2.45) is 0 Å². The van der Waals surface area contributed by atoms with Gasteiger partial charge in [-0.1, -0.05) is 27.5 Å². The van der Waals surface area contributed by atoms with Gasteiger partial charge in [-0.2, -0.15) is 0 Å². The molecule has 3 aromatic rings. The summed E-state index contributed by atoms with van der Waals surface area (Å²) >= 11 is 9.20. The largest absolute Gasteiger partial charge is 0.417 e. The Morgan fingerprint density at radius 1 is 1.24 bits per heavy atom. The Labute approximate surface area is 132 Å². The first-order valence-corrected chi connectivity index (χ1v) is 7.09. The van der Waals surface area contributed by atoms with Gasteiger partial charge in [0.2, 0.25) is 0 Å². The molecule has 0 unspecified atom stereocenters. The average Bonchev–Trinajstić information content (AvgIpc) is 2.77. The molecule has 2 aromatic carbocycles. The van der Waals surface area contributed by atoms with Gasteiger partial charge in [-0.05, 0) is 30.3 Å². The average molecular weight is 368 g/mol. The highest BCUT2D eigenvalue weighted by Gasteiger charge is 2.09. The van der Waals surface area contributed by atoms with E-state index in [9.17, 15) is 9.59 Å². The van der Waals surface area contributed by atoms with Crippen LogP contribution in [0.25, 0.3) is 11.1 Å². The van der Waals surface area contributed by atoms with Gasteiger partial charge in [-0.15, -0.1) is 0 Å². The summed E-state index contributed by atoms with van der Waals surface area (Å²) in [4.78, 5) is 25.8. The van der Waals surface area contributed by atoms with Crippen LogP contribution in [0.5, 0.6) is 0 Å². The molecule has 0 aliphatic heterocycles. The van der Waals surface area contributed by atoms with Crippen molar-refractivity contribution in [1.82, 2.24) is 4.98 Å². The van der Waals surface area contributed by atoms with Gasteiger partial charge in [0.1, 0.15) is 0 Å². The minimum absolute atomic E-state index is 0.310. The number of hydrogen-bond acceptors (Lipinski definition) is 3. The molecule has 0 radical (unpaired) electrons. The molecular weight excluding hydrogens is 360 g/mol. The first-order valence-electron chi connectivity index (χ1n) is 5.91. The minimum Gasteiger partial charge on any atom is -0.408 e. The van der Waals surface area contributed by atoms with E-state index >= 15 is 0 Å². The Bertz CT molecular complexity index is 880. The number of aromatic amines is 1. The number of aromatic nitrogens is 1. The molecule has 0 aliphatic rings. The Morgan fingerprint density at radius 2 is 2.05 bits per heavy atom. The summed E-state index contributed by atoms with van der Waals surface area (Å²) in [6, 6.07) is 9.82. The molecule has 0 bridgehead atoms. The monoisotopic (exact) mass is 366 g/mol. The maximum Gasteiger partial charge on any atom is 0.417 e. The number of benzene rings is 2. The Kier molecular flexibility index (Phi) is 3.57. The molecule has 1 amide bonds. The van der Waals surface area contributed by atoms with Crippen molar-refractivity contribution in [3.05, 3.63) is 62.0 Å². The van der Waals surface area contributed by atoms with Crippen LogP contribution in [0.4, 0.5) is 5.69 Å². The molecule has 0 spiro atoms.